The van der Waals surface area contributed by atoms with Crippen LogP contribution in [0.5, 0.6) is 0 Å². The molecule has 0 fully saturated rings. The summed E-state index contributed by atoms with van der Waals surface area (Å²) in [6.45, 7) is -1.38. The molecule has 0 saturated heterocycles. The Labute approximate surface area is 111 Å². The van der Waals surface area contributed by atoms with Crippen molar-refractivity contribution in [1.82, 2.24) is 5.32 Å². The molecular formula is C11H8Cl2F3NO. The van der Waals surface area contributed by atoms with Crippen molar-refractivity contribution in [3.8, 4) is 0 Å². The van der Waals surface area contributed by atoms with E-state index < -0.39 is 18.6 Å². The number of hydrogen-bond donors (Lipinski definition) is 1. The van der Waals surface area contributed by atoms with Crippen molar-refractivity contribution in [1.29, 1.82) is 0 Å². The molecule has 0 unspecified atom stereocenters. The van der Waals surface area contributed by atoms with E-state index in [4.69, 9.17) is 23.2 Å². The average molecular weight is 298 g/mol. The Morgan fingerprint density at radius 2 is 2.00 bits per heavy atom. The normalized spacial score (nSPS) is 11.8. The number of amides is 1. The van der Waals surface area contributed by atoms with E-state index in [-0.39, 0.29) is 5.02 Å². The van der Waals surface area contributed by atoms with Crippen LogP contribution in [0.1, 0.15) is 5.56 Å². The van der Waals surface area contributed by atoms with E-state index in [9.17, 15) is 18.0 Å². The van der Waals surface area contributed by atoms with E-state index in [1.807, 2.05) is 0 Å². The molecule has 0 bridgehead atoms. The molecule has 1 aromatic rings. The summed E-state index contributed by atoms with van der Waals surface area (Å²) >= 11 is 11.6. The second kappa shape index (κ2) is 6.11. The van der Waals surface area contributed by atoms with Crippen LogP contribution in [0.2, 0.25) is 10.0 Å². The first-order chi connectivity index (χ1) is 8.29. The molecule has 0 aliphatic heterocycles. The summed E-state index contributed by atoms with van der Waals surface area (Å²) in [5.41, 5.74) is 0.450. The zero-order chi connectivity index (χ0) is 13.8. The maximum Gasteiger partial charge on any atom is 0.405 e. The number of alkyl halides is 3. The van der Waals surface area contributed by atoms with Crippen molar-refractivity contribution < 1.29 is 18.0 Å². The zero-order valence-corrected chi connectivity index (χ0v) is 10.4. The fraction of sp³-hybridized carbons (Fsp3) is 0.182. The SMILES string of the molecule is O=C(/C=C/c1cccc(Cl)c1Cl)NCC(F)(F)F. The lowest BCUT2D eigenvalue weighted by Gasteiger charge is -2.06. The number of rotatable bonds is 3. The smallest absolute Gasteiger partial charge is 0.343 e. The molecule has 0 saturated carbocycles. The Morgan fingerprint density at radius 3 is 2.61 bits per heavy atom. The van der Waals surface area contributed by atoms with E-state index in [0.717, 1.165) is 6.08 Å². The highest BCUT2D eigenvalue weighted by molar-refractivity contribution is 6.42. The second-order valence-electron chi connectivity index (χ2n) is 3.31. The highest BCUT2D eigenvalue weighted by atomic mass is 35.5. The topological polar surface area (TPSA) is 29.1 Å². The van der Waals surface area contributed by atoms with Gasteiger partial charge in [0.2, 0.25) is 5.91 Å². The minimum Gasteiger partial charge on any atom is -0.343 e. The van der Waals surface area contributed by atoms with Crippen LogP contribution in [0.3, 0.4) is 0 Å². The minimum atomic E-state index is -4.43. The molecule has 98 valence electrons. The Hall–Kier alpha value is -1.20. The van der Waals surface area contributed by atoms with Crippen molar-refractivity contribution in [3.05, 3.63) is 39.9 Å². The Kier molecular flexibility index (Phi) is 5.04. The molecule has 0 aromatic heterocycles. The van der Waals surface area contributed by atoms with E-state index in [2.05, 4.69) is 0 Å². The lowest BCUT2D eigenvalue weighted by Crippen LogP contribution is -2.32. The van der Waals surface area contributed by atoms with Gasteiger partial charge in [0.05, 0.1) is 10.0 Å². The van der Waals surface area contributed by atoms with Gasteiger partial charge < -0.3 is 5.32 Å². The summed E-state index contributed by atoms with van der Waals surface area (Å²) < 4.78 is 35.5. The van der Waals surface area contributed by atoms with Crippen LogP contribution in [0, 0.1) is 0 Å². The van der Waals surface area contributed by atoms with E-state index in [0.29, 0.717) is 10.6 Å². The summed E-state index contributed by atoms with van der Waals surface area (Å²) in [7, 11) is 0. The van der Waals surface area contributed by atoms with Crippen LogP contribution in [0.25, 0.3) is 6.08 Å². The minimum absolute atomic E-state index is 0.235. The molecule has 1 N–H and O–H groups in total. The first kappa shape index (κ1) is 14.9. The lowest BCUT2D eigenvalue weighted by molar-refractivity contribution is -0.135. The van der Waals surface area contributed by atoms with Gasteiger partial charge in [0.1, 0.15) is 6.54 Å². The maximum absolute atomic E-state index is 11.8. The fourth-order valence-corrected chi connectivity index (χ4v) is 1.43. The molecule has 0 aliphatic rings. The third kappa shape index (κ3) is 4.98. The van der Waals surface area contributed by atoms with Crippen molar-refractivity contribution >= 4 is 35.2 Å². The van der Waals surface area contributed by atoms with Gasteiger partial charge in [-0.05, 0) is 17.7 Å². The molecule has 1 amide bonds. The van der Waals surface area contributed by atoms with Crippen LogP contribution < -0.4 is 5.32 Å². The van der Waals surface area contributed by atoms with Gasteiger partial charge >= 0.3 is 6.18 Å². The number of benzene rings is 1. The van der Waals surface area contributed by atoms with Crippen molar-refractivity contribution in [2.75, 3.05) is 6.54 Å². The standard InChI is InChI=1S/C11H8Cl2F3NO/c12-8-3-1-2-7(10(8)13)4-5-9(18)17-6-11(14,15)16/h1-5H,6H2,(H,17,18)/b5-4+. The third-order valence-corrected chi connectivity index (χ3v) is 2.69. The van der Waals surface area contributed by atoms with Gasteiger partial charge in [-0.25, -0.2) is 0 Å². The first-order valence-electron chi connectivity index (χ1n) is 4.76. The summed E-state index contributed by atoms with van der Waals surface area (Å²) in [5, 5.41) is 2.24. The van der Waals surface area contributed by atoms with Crippen LogP contribution in [-0.2, 0) is 4.79 Å². The highest BCUT2D eigenvalue weighted by Gasteiger charge is 2.27. The van der Waals surface area contributed by atoms with Crippen LogP contribution in [0.4, 0.5) is 13.2 Å². The van der Waals surface area contributed by atoms with Gasteiger partial charge in [0.25, 0.3) is 0 Å². The van der Waals surface area contributed by atoms with E-state index >= 15 is 0 Å². The van der Waals surface area contributed by atoms with Gasteiger partial charge in [0.15, 0.2) is 0 Å². The summed E-state index contributed by atoms with van der Waals surface area (Å²) in [6.07, 6.45) is -2.18. The molecule has 0 heterocycles. The molecule has 2 nitrogen and oxygen atoms in total. The molecule has 18 heavy (non-hydrogen) atoms. The molecule has 7 heteroatoms. The second-order valence-corrected chi connectivity index (χ2v) is 4.09. The van der Waals surface area contributed by atoms with Crippen LogP contribution in [-0.4, -0.2) is 18.6 Å². The van der Waals surface area contributed by atoms with Crippen LogP contribution >= 0.6 is 23.2 Å². The predicted octanol–water partition coefficient (Wildman–Crippen LogP) is 3.69. The molecular weight excluding hydrogens is 290 g/mol. The van der Waals surface area contributed by atoms with Gasteiger partial charge in [-0.1, -0.05) is 35.3 Å². The number of carbonyl (C=O) groups is 1. The summed E-state index contributed by atoms with van der Waals surface area (Å²) in [4.78, 5) is 11.1. The van der Waals surface area contributed by atoms with Gasteiger partial charge in [-0.15, -0.1) is 0 Å². The zero-order valence-electron chi connectivity index (χ0n) is 8.89. The number of carbonyl (C=O) groups excluding carboxylic acids is 1. The van der Waals surface area contributed by atoms with Crippen molar-refractivity contribution in [2.24, 2.45) is 0 Å². The van der Waals surface area contributed by atoms with Crippen molar-refractivity contribution in [3.63, 3.8) is 0 Å². The van der Waals surface area contributed by atoms with Gasteiger partial charge in [-0.2, -0.15) is 13.2 Å². The van der Waals surface area contributed by atoms with Crippen LogP contribution in [0.15, 0.2) is 24.3 Å². The monoisotopic (exact) mass is 297 g/mol. The van der Waals surface area contributed by atoms with E-state index in [1.54, 1.807) is 23.5 Å². The maximum atomic E-state index is 11.8. The van der Waals surface area contributed by atoms with Crippen molar-refractivity contribution in [2.45, 2.75) is 6.18 Å². The summed E-state index contributed by atoms with van der Waals surface area (Å²) in [5.74, 6) is -0.858. The predicted molar refractivity (Wildman–Crippen MR) is 64.6 cm³/mol. The number of nitrogens with one attached hydrogen (secondary N) is 1. The van der Waals surface area contributed by atoms with E-state index in [1.165, 1.54) is 6.08 Å². The molecule has 0 spiro atoms. The Balaban J connectivity index is 2.64. The highest BCUT2D eigenvalue weighted by Crippen LogP contribution is 2.26. The molecule has 1 aromatic carbocycles. The molecule has 1 rings (SSSR count). The lowest BCUT2D eigenvalue weighted by atomic mass is 10.2. The molecule has 0 atom stereocenters. The van der Waals surface area contributed by atoms with Gasteiger partial charge in [-0.3, -0.25) is 4.79 Å². The van der Waals surface area contributed by atoms with Gasteiger partial charge in [0, 0.05) is 6.08 Å². The fourth-order valence-electron chi connectivity index (χ4n) is 1.06. The largest absolute Gasteiger partial charge is 0.405 e. The number of hydrogen-bond acceptors (Lipinski definition) is 1. The molecule has 0 radical (unpaired) electrons. The Bertz CT molecular complexity index is 472. The third-order valence-electron chi connectivity index (χ3n) is 1.86. The molecule has 0 aliphatic carbocycles. The average Bonchev–Trinajstić information content (AvgIpc) is 2.27. The summed E-state index contributed by atoms with van der Waals surface area (Å²) in [6, 6.07) is 4.76. The quantitative estimate of drug-likeness (QED) is 0.847. The number of halogens is 5. The Morgan fingerprint density at radius 1 is 1.33 bits per heavy atom. The first-order valence-corrected chi connectivity index (χ1v) is 5.52.